The van der Waals surface area contributed by atoms with Crippen molar-refractivity contribution in [1.82, 2.24) is 14.9 Å². The first kappa shape index (κ1) is 15.1. The molecular weight excluding hydrogens is 266 g/mol. The van der Waals surface area contributed by atoms with Crippen LogP contribution in [0.1, 0.15) is 31.9 Å². The molecule has 1 heterocycles. The van der Waals surface area contributed by atoms with E-state index >= 15 is 0 Å². The summed E-state index contributed by atoms with van der Waals surface area (Å²) in [5, 5.41) is 4.58. The van der Waals surface area contributed by atoms with Gasteiger partial charge in [-0.15, -0.1) is 0 Å². The average molecular weight is 289 g/mol. The van der Waals surface area contributed by atoms with Gasteiger partial charge in [0.25, 0.3) is 0 Å². The summed E-state index contributed by atoms with van der Waals surface area (Å²) in [6, 6.07) is 6.60. The van der Waals surface area contributed by atoms with Crippen LogP contribution in [0.3, 0.4) is 0 Å². The van der Waals surface area contributed by atoms with E-state index in [1.807, 2.05) is 24.0 Å². The molecule has 0 aliphatic heterocycles. The van der Waals surface area contributed by atoms with Crippen LogP contribution in [0.2, 0.25) is 0 Å². The van der Waals surface area contributed by atoms with Gasteiger partial charge < -0.3 is 9.88 Å². The number of benzene rings is 1. The van der Waals surface area contributed by atoms with Gasteiger partial charge in [-0.25, -0.2) is 4.98 Å². The second-order valence-electron chi connectivity index (χ2n) is 6.14. The van der Waals surface area contributed by atoms with Crippen molar-refractivity contribution in [1.29, 1.82) is 0 Å². The predicted octanol–water partition coefficient (Wildman–Crippen LogP) is 3.77. The molecule has 0 fully saturated rings. The summed E-state index contributed by atoms with van der Waals surface area (Å²) in [4.78, 5) is 5.65. The van der Waals surface area contributed by atoms with Crippen LogP contribution in [0.15, 0.2) is 40.6 Å². The number of aryl methyl sites for hydroxylation is 2. The Balaban J connectivity index is 2.21. The maximum atomic E-state index is 4.39. The predicted molar refractivity (Wildman–Crippen MR) is 85.1 cm³/mol. The van der Waals surface area contributed by atoms with Gasteiger partial charge in [0.15, 0.2) is 5.16 Å². The molecule has 0 amide bonds. The van der Waals surface area contributed by atoms with Gasteiger partial charge in [-0.3, -0.25) is 0 Å². The number of hydrogen-bond donors (Lipinski definition) is 1. The number of rotatable bonds is 4. The second-order valence-corrected chi connectivity index (χ2v) is 7.15. The van der Waals surface area contributed by atoms with E-state index in [0.717, 1.165) is 11.7 Å². The number of nitrogens with zero attached hydrogens (tertiary/aromatic N) is 2. The summed E-state index contributed by atoms with van der Waals surface area (Å²) >= 11 is 1.72. The monoisotopic (exact) mass is 289 g/mol. The van der Waals surface area contributed by atoms with Crippen molar-refractivity contribution in [3.63, 3.8) is 0 Å². The summed E-state index contributed by atoms with van der Waals surface area (Å²) in [5.41, 5.74) is 2.74. The van der Waals surface area contributed by atoms with Gasteiger partial charge in [-0.2, -0.15) is 0 Å². The largest absolute Gasteiger partial charge is 0.329 e. The van der Waals surface area contributed by atoms with Crippen LogP contribution >= 0.6 is 11.8 Å². The molecule has 4 heteroatoms. The summed E-state index contributed by atoms with van der Waals surface area (Å²) in [7, 11) is 2.02. The molecule has 20 heavy (non-hydrogen) atoms. The molecule has 0 spiro atoms. The van der Waals surface area contributed by atoms with Crippen molar-refractivity contribution in [2.24, 2.45) is 7.05 Å². The van der Waals surface area contributed by atoms with E-state index in [4.69, 9.17) is 0 Å². The highest BCUT2D eigenvalue weighted by Crippen LogP contribution is 2.29. The number of hydrogen-bond acceptors (Lipinski definition) is 3. The van der Waals surface area contributed by atoms with E-state index < -0.39 is 0 Å². The standard InChI is InChI=1S/C16H23N3S/c1-12-6-7-14(20-15-17-8-9-19(15)5)13(10-12)11-18-16(2,3)4/h6-10,18H,11H2,1-5H3. The van der Waals surface area contributed by atoms with E-state index in [1.54, 1.807) is 11.8 Å². The third kappa shape index (κ3) is 4.12. The van der Waals surface area contributed by atoms with Gasteiger partial charge in [-0.05, 0) is 39.3 Å². The minimum absolute atomic E-state index is 0.120. The molecule has 0 saturated heterocycles. The molecule has 2 aromatic rings. The molecule has 1 N–H and O–H groups in total. The lowest BCUT2D eigenvalue weighted by Gasteiger charge is -2.21. The molecule has 1 aromatic carbocycles. The smallest absolute Gasteiger partial charge is 0.172 e. The molecule has 0 bridgehead atoms. The molecule has 0 atom stereocenters. The second kappa shape index (κ2) is 6.02. The molecule has 2 rings (SSSR count). The van der Waals surface area contributed by atoms with Gasteiger partial charge in [0, 0.05) is 36.4 Å². The zero-order chi connectivity index (χ0) is 14.8. The van der Waals surface area contributed by atoms with Crippen LogP contribution in [0, 0.1) is 6.92 Å². The molecule has 1 aromatic heterocycles. The third-order valence-electron chi connectivity index (χ3n) is 3.00. The summed E-state index contributed by atoms with van der Waals surface area (Å²) in [5.74, 6) is 0. The van der Waals surface area contributed by atoms with Crippen LogP contribution in [-0.4, -0.2) is 15.1 Å². The molecule has 0 aliphatic carbocycles. The molecule has 0 radical (unpaired) electrons. The fraction of sp³-hybridized carbons (Fsp3) is 0.438. The van der Waals surface area contributed by atoms with Crippen molar-refractivity contribution < 1.29 is 0 Å². The van der Waals surface area contributed by atoms with Gasteiger partial charge in [0.05, 0.1) is 0 Å². The topological polar surface area (TPSA) is 29.9 Å². The SMILES string of the molecule is Cc1ccc(Sc2nccn2C)c(CNC(C)(C)C)c1. The Hall–Kier alpha value is -1.26. The van der Waals surface area contributed by atoms with E-state index in [1.165, 1.54) is 16.0 Å². The lowest BCUT2D eigenvalue weighted by molar-refractivity contribution is 0.422. The minimum atomic E-state index is 0.120. The Kier molecular flexibility index (Phi) is 4.55. The van der Waals surface area contributed by atoms with Crippen molar-refractivity contribution >= 4 is 11.8 Å². The number of imidazole rings is 1. The van der Waals surface area contributed by atoms with E-state index in [9.17, 15) is 0 Å². The van der Waals surface area contributed by atoms with Crippen molar-refractivity contribution in [3.05, 3.63) is 41.7 Å². The Labute approximate surface area is 125 Å². The molecule has 108 valence electrons. The van der Waals surface area contributed by atoms with Crippen molar-refractivity contribution in [3.8, 4) is 0 Å². The summed E-state index contributed by atoms with van der Waals surface area (Å²) in [6.45, 7) is 9.57. The van der Waals surface area contributed by atoms with E-state index in [-0.39, 0.29) is 5.54 Å². The quantitative estimate of drug-likeness (QED) is 0.929. The highest BCUT2D eigenvalue weighted by atomic mass is 32.2. The first-order valence-corrected chi connectivity index (χ1v) is 7.66. The Morgan fingerprint density at radius 2 is 2.05 bits per heavy atom. The van der Waals surface area contributed by atoms with Crippen LogP contribution in [0.4, 0.5) is 0 Å². The van der Waals surface area contributed by atoms with Crippen molar-refractivity contribution in [2.75, 3.05) is 0 Å². The first-order valence-electron chi connectivity index (χ1n) is 6.85. The normalized spacial score (nSPS) is 11.8. The van der Waals surface area contributed by atoms with Gasteiger partial charge >= 0.3 is 0 Å². The first-order chi connectivity index (χ1) is 9.35. The fourth-order valence-electron chi connectivity index (χ4n) is 1.85. The highest BCUT2D eigenvalue weighted by molar-refractivity contribution is 7.99. The minimum Gasteiger partial charge on any atom is -0.329 e. The fourth-order valence-corrected chi connectivity index (χ4v) is 2.77. The van der Waals surface area contributed by atoms with Crippen molar-refractivity contribution in [2.45, 2.75) is 49.8 Å². The molecule has 0 saturated carbocycles. The third-order valence-corrected chi connectivity index (χ3v) is 4.20. The summed E-state index contributed by atoms with van der Waals surface area (Å²) in [6.07, 6.45) is 3.81. The Bertz CT molecular complexity index is 582. The van der Waals surface area contributed by atoms with Crippen LogP contribution in [-0.2, 0) is 13.6 Å². The molecule has 3 nitrogen and oxygen atoms in total. The molecule has 0 aliphatic rings. The van der Waals surface area contributed by atoms with Crippen LogP contribution < -0.4 is 5.32 Å². The maximum Gasteiger partial charge on any atom is 0.172 e. The maximum absolute atomic E-state index is 4.39. The number of aromatic nitrogens is 2. The zero-order valence-corrected chi connectivity index (χ0v) is 13.7. The zero-order valence-electron chi connectivity index (χ0n) is 12.9. The van der Waals surface area contributed by atoms with E-state index in [2.05, 4.69) is 56.2 Å². The van der Waals surface area contributed by atoms with Gasteiger partial charge in [0.2, 0.25) is 0 Å². The average Bonchev–Trinajstić information content (AvgIpc) is 2.74. The lowest BCUT2D eigenvalue weighted by Crippen LogP contribution is -2.35. The highest BCUT2D eigenvalue weighted by Gasteiger charge is 2.12. The lowest BCUT2D eigenvalue weighted by atomic mass is 10.1. The van der Waals surface area contributed by atoms with Crippen LogP contribution in [0.5, 0.6) is 0 Å². The van der Waals surface area contributed by atoms with Gasteiger partial charge in [0.1, 0.15) is 0 Å². The number of nitrogens with one attached hydrogen (secondary N) is 1. The Morgan fingerprint density at radius 1 is 1.30 bits per heavy atom. The van der Waals surface area contributed by atoms with E-state index in [0.29, 0.717) is 0 Å². The van der Waals surface area contributed by atoms with Crippen LogP contribution in [0.25, 0.3) is 0 Å². The van der Waals surface area contributed by atoms with Gasteiger partial charge in [-0.1, -0.05) is 29.5 Å². The summed E-state index contributed by atoms with van der Waals surface area (Å²) < 4.78 is 2.05. The Morgan fingerprint density at radius 3 is 2.65 bits per heavy atom. The molecule has 0 unspecified atom stereocenters. The molecular formula is C16H23N3S.